The van der Waals surface area contributed by atoms with Crippen molar-refractivity contribution < 1.29 is 29.1 Å². The van der Waals surface area contributed by atoms with Crippen LogP contribution in [0.25, 0.3) is 0 Å². The zero-order valence-electron chi connectivity index (χ0n) is 15.2. The Morgan fingerprint density at radius 1 is 1.00 bits per heavy atom. The molecule has 0 aromatic heterocycles. The number of carboxylic acids is 1. The predicted molar refractivity (Wildman–Crippen MR) is 99.6 cm³/mol. The van der Waals surface area contributed by atoms with Crippen molar-refractivity contribution in [2.45, 2.75) is 44.8 Å². The number of hydrogen-bond acceptors (Lipinski definition) is 7. The minimum absolute atomic E-state index is 0.0895. The second kappa shape index (κ2) is 12.1. The number of carbonyl (C=O) groups excluding carboxylic acids is 4. The Hall–Kier alpha value is -2.34. The largest absolute Gasteiger partial charge is 0.480 e. The lowest BCUT2D eigenvalue weighted by atomic mass is 10.0. The molecule has 0 rings (SSSR count). The van der Waals surface area contributed by atoms with E-state index < -0.39 is 54.3 Å². The summed E-state index contributed by atoms with van der Waals surface area (Å²) in [6.45, 7) is 2.84. The zero-order valence-corrected chi connectivity index (χ0v) is 16.1. The fourth-order valence-electron chi connectivity index (χ4n) is 1.88. The molecule has 0 aliphatic carbocycles. The molecule has 3 unspecified atom stereocenters. The van der Waals surface area contributed by atoms with Crippen LogP contribution in [0.5, 0.6) is 0 Å². The molecule has 11 nitrogen and oxygen atoms in total. The first-order valence-corrected chi connectivity index (χ1v) is 8.87. The number of primary amides is 1. The molecule has 0 radical (unpaired) electrons. The molecule has 8 N–H and O–H groups in total. The van der Waals surface area contributed by atoms with Crippen LogP contribution in [0.1, 0.15) is 26.7 Å². The summed E-state index contributed by atoms with van der Waals surface area (Å²) in [5, 5.41) is 15.5. The maximum atomic E-state index is 12.4. The van der Waals surface area contributed by atoms with Crippen LogP contribution in [0, 0.1) is 5.92 Å². The van der Waals surface area contributed by atoms with Gasteiger partial charge in [0, 0.05) is 12.2 Å². The Balaban J connectivity index is 5.08. The first-order valence-electron chi connectivity index (χ1n) is 8.24. The van der Waals surface area contributed by atoms with E-state index in [1.807, 2.05) is 0 Å². The molecule has 0 spiro atoms. The molecule has 0 heterocycles. The number of aliphatic carboxylic acids is 1. The van der Waals surface area contributed by atoms with Crippen LogP contribution in [0.4, 0.5) is 0 Å². The summed E-state index contributed by atoms with van der Waals surface area (Å²) in [5.74, 6) is -4.30. The van der Waals surface area contributed by atoms with Crippen molar-refractivity contribution in [3.8, 4) is 0 Å². The minimum atomic E-state index is -1.25. The molecule has 0 saturated heterocycles. The molecule has 0 aromatic rings. The van der Waals surface area contributed by atoms with Gasteiger partial charge in [-0.1, -0.05) is 13.8 Å². The summed E-state index contributed by atoms with van der Waals surface area (Å²) in [5.41, 5.74) is 10.8. The molecule has 154 valence electrons. The molecule has 12 heteroatoms. The van der Waals surface area contributed by atoms with Crippen LogP contribution < -0.4 is 27.4 Å². The van der Waals surface area contributed by atoms with Crippen LogP contribution in [-0.4, -0.2) is 65.1 Å². The number of nitrogens with two attached hydrogens (primary N) is 2. The topological polar surface area (TPSA) is 194 Å². The standard InChI is InChI=1S/C15H27N5O6S/c1-7(2)12(17)15(26)19-8(3-4-10(16)21)14(25)20-9(6-27)13(24)18-5-11(22)23/h7-9,12,27H,3-6,17H2,1-2H3,(H2,16,21)(H,18,24)(H,19,26)(H,20,25)(H,22,23). The van der Waals surface area contributed by atoms with Crippen LogP contribution in [-0.2, 0) is 24.0 Å². The highest BCUT2D eigenvalue weighted by Crippen LogP contribution is 2.03. The van der Waals surface area contributed by atoms with Gasteiger partial charge in [-0.2, -0.15) is 12.6 Å². The Bertz CT molecular complexity index is 571. The maximum absolute atomic E-state index is 12.4. The van der Waals surface area contributed by atoms with E-state index in [-0.39, 0.29) is 24.5 Å². The Labute approximate surface area is 162 Å². The average Bonchev–Trinajstić information content (AvgIpc) is 2.59. The molecular formula is C15H27N5O6S. The predicted octanol–water partition coefficient (Wildman–Crippen LogP) is -2.66. The van der Waals surface area contributed by atoms with Crippen molar-refractivity contribution in [2.75, 3.05) is 12.3 Å². The molecule has 0 aliphatic heterocycles. The summed E-state index contributed by atoms with van der Waals surface area (Å²) in [7, 11) is 0. The lowest BCUT2D eigenvalue weighted by Crippen LogP contribution is -2.57. The van der Waals surface area contributed by atoms with Crippen molar-refractivity contribution in [1.29, 1.82) is 0 Å². The number of thiol groups is 1. The summed E-state index contributed by atoms with van der Waals surface area (Å²) in [6, 6.07) is -3.15. The minimum Gasteiger partial charge on any atom is -0.480 e. The summed E-state index contributed by atoms with van der Waals surface area (Å²) >= 11 is 3.95. The Morgan fingerprint density at radius 2 is 1.56 bits per heavy atom. The van der Waals surface area contributed by atoms with Crippen molar-refractivity contribution >= 4 is 42.2 Å². The van der Waals surface area contributed by atoms with Gasteiger partial charge in [-0.15, -0.1) is 0 Å². The number of carbonyl (C=O) groups is 5. The second-order valence-electron chi connectivity index (χ2n) is 6.19. The van der Waals surface area contributed by atoms with E-state index >= 15 is 0 Å². The van der Waals surface area contributed by atoms with Gasteiger partial charge in [0.05, 0.1) is 6.04 Å². The van der Waals surface area contributed by atoms with Crippen LogP contribution >= 0.6 is 12.6 Å². The molecule has 0 saturated carbocycles. The van der Waals surface area contributed by atoms with E-state index in [9.17, 15) is 24.0 Å². The fraction of sp³-hybridized carbons (Fsp3) is 0.667. The van der Waals surface area contributed by atoms with E-state index in [2.05, 4.69) is 28.6 Å². The lowest BCUT2D eigenvalue weighted by molar-refractivity contribution is -0.138. The van der Waals surface area contributed by atoms with E-state index in [1.165, 1.54) is 0 Å². The fourth-order valence-corrected chi connectivity index (χ4v) is 2.14. The number of nitrogens with one attached hydrogen (secondary N) is 3. The van der Waals surface area contributed by atoms with Crippen LogP contribution in [0.2, 0.25) is 0 Å². The first kappa shape index (κ1) is 24.7. The highest BCUT2D eigenvalue weighted by atomic mass is 32.1. The molecule has 3 atom stereocenters. The van der Waals surface area contributed by atoms with E-state index in [1.54, 1.807) is 13.8 Å². The number of carboxylic acid groups (broad SMARTS) is 1. The van der Waals surface area contributed by atoms with Gasteiger partial charge in [-0.05, 0) is 12.3 Å². The zero-order chi connectivity index (χ0) is 21.1. The summed E-state index contributed by atoms with van der Waals surface area (Å²) in [4.78, 5) is 58.0. The maximum Gasteiger partial charge on any atom is 0.322 e. The normalized spacial score (nSPS) is 14.0. The summed E-state index contributed by atoms with van der Waals surface area (Å²) in [6.07, 6.45) is -0.264. The van der Waals surface area contributed by atoms with Gasteiger partial charge in [-0.25, -0.2) is 0 Å². The number of amides is 4. The highest BCUT2D eigenvalue weighted by Gasteiger charge is 2.28. The van der Waals surface area contributed by atoms with Crippen molar-refractivity contribution in [3.05, 3.63) is 0 Å². The molecule has 4 amide bonds. The first-order chi connectivity index (χ1) is 12.5. The van der Waals surface area contributed by atoms with Gasteiger partial charge in [0.1, 0.15) is 18.6 Å². The molecule has 0 bridgehead atoms. The van der Waals surface area contributed by atoms with Crippen molar-refractivity contribution in [3.63, 3.8) is 0 Å². The molecule has 0 aromatic carbocycles. The van der Waals surface area contributed by atoms with E-state index in [0.29, 0.717) is 0 Å². The van der Waals surface area contributed by atoms with Gasteiger partial charge in [0.2, 0.25) is 23.6 Å². The van der Waals surface area contributed by atoms with Crippen molar-refractivity contribution in [1.82, 2.24) is 16.0 Å². The van der Waals surface area contributed by atoms with Gasteiger partial charge in [-0.3, -0.25) is 24.0 Å². The highest BCUT2D eigenvalue weighted by molar-refractivity contribution is 7.80. The number of hydrogen-bond donors (Lipinski definition) is 7. The van der Waals surface area contributed by atoms with Crippen molar-refractivity contribution in [2.24, 2.45) is 17.4 Å². The van der Waals surface area contributed by atoms with E-state index in [0.717, 1.165) is 0 Å². The van der Waals surface area contributed by atoms with Gasteiger partial charge in [0.25, 0.3) is 0 Å². The molecule has 0 fully saturated rings. The van der Waals surface area contributed by atoms with Gasteiger partial charge < -0.3 is 32.5 Å². The van der Waals surface area contributed by atoms with Gasteiger partial charge >= 0.3 is 5.97 Å². The number of rotatable bonds is 12. The Morgan fingerprint density at radius 3 is 2.00 bits per heavy atom. The Kier molecular flexibility index (Phi) is 11.1. The van der Waals surface area contributed by atoms with Gasteiger partial charge in [0.15, 0.2) is 0 Å². The summed E-state index contributed by atoms with van der Waals surface area (Å²) < 4.78 is 0. The monoisotopic (exact) mass is 405 g/mol. The smallest absolute Gasteiger partial charge is 0.322 e. The second-order valence-corrected chi connectivity index (χ2v) is 6.56. The third kappa shape index (κ3) is 9.80. The van der Waals surface area contributed by atoms with E-state index in [4.69, 9.17) is 16.6 Å². The van der Waals surface area contributed by atoms with Crippen LogP contribution in [0.15, 0.2) is 0 Å². The third-order valence-corrected chi connectivity index (χ3v) is 3.93. The molecule has 0 aliphatic rings. The lowest BCUT2D eigenvalue weighted by Gasteiger charge is -2.24. The van der Waals surface area contributed by atoms with Crippen LogP contribution in [0.3, 0.4) is 0 Å². The third-order valence-electron chi connectivity index (χ3n) is 3.56. The molecule has 27 heavy (non-hydrogen) atoms. The average molecular weight is 405 g/mol. The molecular weight excluding hydrogens is 378 g/mol. The quantitative estimate of drug-likeness (QED) is 0.172. The SMILES string of the molecule is CC(C)C(N)C(=O)NC(CCC(N)=O)C(=O)NC(CS)C(=O)NCC(=O)O.